The number of halogens is 1. The van der Waals surface area contributed by atoms with E-state index < -0.39 is 0 Å². The highest BCUT2D eigenvalue weighted by molar-refractivity contribution is 5.36. The Hall–Kier alpha value is -1.72. The van der Waals surface area contributed by atoms with Crippen molar-refractivity contribution >= 4 is 0 Å². The molecule has 0 saturated carbocycles. The van der Waals surface area contributed by atoms with Crippen molar-refractivity contribution in [2.45, 2.75) is 37.9 Å². The number of hydrogen-bond acceptors (Lipinski definition) is 3. The van der Waals surface area contributed by atoms with E-state index in [9.17, 15) is 4.39 Å². The highest BCUT2D eigenvalue weighted by atomic mass is 19.1. The molecule has 1 aromatic carbocycles. The average Bonchev–Trinajstić information content (AvgIpc) is 3.08. The van der Waals surface area contributed by atoms with Crippen molar-refractivity contribution in [3.63, 3.8) is 0 Å². The first-order valence-corrected chi connectivity index (χ1v) is 8.04. The van der Waals surface area contributed by atoms with Gasteiger partial charge in [-0.1, -0.05) is 6.07 Å². The molecule has 0 spiro atoms. The van der Waals surface area contributed by atoms with Gasteiger partial charge in [0.1, 0.15) is 5.82 Å². The molecule has 2 aromatic rings. The zero-order valence-electron chi connectivity index (χ0n) is 12.6. The topological polar surface area (TPSA) is 33.1 Å². The van der Waals surface area contributed by atoms with Gasteiger partial charge in [-0.2, -0.15) is 0 Å². The van der Waals surface area contributed by atoms with E-state index in [2.05, 4.69) is 15.2 Å². The van der Waals surface area contributed by atoms with Crippen molar-refractivity contribution in [1.82, 2.24) is 19.8 Å². The lowest BCUT2D eigenvalue weighted by Crippen LogP contribution is -2.37. The molecule has 22 heavy (non-hydrogen) atoms. The predicted octanol–water partition coefficient (Wildman–Crippen LogP) is 2.34. The fourth-order valence-corrected chi connectivity index (χ4v) is 3.81. The molecular formula is C17H21FN4. The Morgan fingerprint density at radius 1 is 1.23 bits per heavy atom. The first kappa shape index (κ1) is 13.9. The van der Waals surface area contributed by atoms with Crippen molar-refractivity contribution in [2.75, 3.05) is 13.1 Å². The van der Waals surface area contributed by atoms with Gasteiger partial charge in [0.15, 0.2) is 0 Å². The smallest absolute Gasteiger partial charge is 0.147 e. The van der Waals surface area contributed by atoms with E-state index in [-0.39, 0.29) is 5.82 Å². The molecule has 0 aliphatic carbocycles. The van der Waals surface area contributed by atoms with Gasteiger partial charge in [-0.3, -0.25) is 4.90 Å². The average molecular weight is 300 g/mol. The third-order valence-corrected chi connectivity index (χ3v) is 4.97. The largest absolute Gasteiger partial charge is 0.315 e. The molecule has 2 aliphatic rings. The highest BCUT2D eigenvalue weighted by Gasteiger charge is 2.34. The second kappa shape index (κ2) is 5.82. The molecule has 0 amide bonds. The van der Waals surface area contributed by atoms with E-state index in [1.165, 1.54) is 19.3 Å². The van der Waals surface area contributed by atoms with Gasteiger partial charge in [0.05, 0.1) is 12.0 Å². The third-order valence-electron chi connectivity index (χ3n) is 4.97. The molecule has 4 nitrogen and oxygen atoms in total. The van der Waals surface area contributed by atoms with Crippen LogP contribution in [0.4, 0.5) is 4.39 Å². The lowest BCUT2D eigenvalue weighted by molar-refractivity contribution is 0.193. The first-order chi connectivity index (χ1) is 10.8. The number of aromatic nitrogens is 2. The van der Waals surface area contributed by atoms with Gasteiger partial charge in [0, 0.05) is 37.6 Å². The van der Waals surface area contributed by atoms with Crippen molar-refractivity contribution in [1.29, 1.82) is 0 Å². The first-order valence-electron chi connectivity index (χ1n) is 8.04. The number of benzene rings is 1. The quantitative estimate of drug-likeness (QED) is 0.944. The van der Waals surface area contributed by atoms with E-state index in [1.807, 2.05) is 12.1 Å². The zero-order valence-corrected chi connectivity index (χ0v) is 12.6. The normalized spacial score (nSPS) is 25.3. The van der Waals surface area contributed by atoms with Gasteiger partial charge in [0.25, 0.3) is 0 Å². The molecule has 2 fully saturated rings. The van der Waals surface area contributed by atoms with Crippen LogP contribution in [0, 0.1) is 5.82 Å². The Morgan fingerprint density at radius 2 is 2.14 bits per heavy atom. The van der Waals surface area contributed by atoms with Crippen LogP contribution in [0.1, 0.15) is 24.8 Å². The lowest BCUT2D eigenvalue weighted by atomic mass is 10.1. The number of rotatable bonds is 3. The minimum atomic E-state index is -0.184. The lowest BCUT2D eigenvalue weighted by Gasteiger charge is -2.27. The summed E-state index contributed by atoms with van der Waals surface area (Å²) in [6, 6.07) is 6.81. The van der Waals surface area contributed by atoms with Crippen LogP contribution >= 0.6 is 0 Å². The van der Waals surface area contributed by atoms with Gasteiger partial charge in [-0.05, 0) is 43.5 Å². The molecule has 4 rings (SSSR count). The molecule has 3 heterocycles. The van der Waals surface area contributed by atoms with Crippen molar-refractivity contribution in [3.05, 3.63) is 48.3 Å². The Kier molecular flexibility index (Phi) is 3.68. The molecule has 2 aliphatic heterocycles. The van der Waals surface area contributed by atoms with Gasteiger partial charge >= 0.3 is 0 Å². The van der Waals surface area contributed by atoms with Crippen LogP contribution in [-0.2, 0) is 6.54 Å². The van der Waals surface area contributed by atoms with E-state index in [0.717, 1.165) is 25.2 Å². The SMILES string of the molecule is Fc1cc(CN2[C@H]3CCNC[C@H]2CC3)ccc1-n1ccnc1. The fourth-order valence-electron chi connectivity index (χ4n) is 3.81. The molecule has 1 aromatic heterocycles. The van der Waals surface area contributed by atoms with Crippen LogP contribution in [0.15, 0.2) is 36.9 Å². The van der Waals surface area contributed by atoms with Crippen LogP contribution in [0.25, 0.3) is 5.69 Å². The summed E-state index contributed by atoms with van der Waals surface area (Å²) in [5.41, 5.74) is 1.61. The summed E-state index contributed by atoms with van der Waals surface area (Å²) in [7, 11) is 0. The maximum absolute atomic E-state index is 14.4. The van der Waals surface area contributed by atoms with Crippen molar-refractivity contribution in [2.24, 2.45) is 0 Å². The molecular weight excluding hydrogens is 279 g/mol. The number of nitrogens with one attached hydrogen (secondary N) is 1. The Morgan fingerprint density at radius 3 is 2.95 bits per heavy atom. The summed E-state index contributed by atoms with van der Waals surface area (Å²) in [5, 5.41) is 3.51. The third kappa shape index (κ3) is 2.55. The number of imidazole rings is 1. The van der Waals surface area contributed by atoms with Crippen LogP contribution in [0.5, 0.6) is 0 Å². The van der Waals surface area contributed by atoms with Crippen molar-refractivity contribution in [3.8, 4) is 5.69 Å². The van der Waals surface area contributed by atoms with Gasteiger partial charge < -0.3 is 9.88 Å². The number of nitrogens with zero attached hydrogens (tertiary/aromatic N) is 3. The highest BCUT2D eigenvalue weighted by Crippen LogP contribution is 2.30. The standard InChI is InChI=1S/C17H21FN4/c18-16-9-13(1-4-17(16)21-8-7-20-12-21)11-22-14-2-3-15(22)10-19-6-5-14/h1,4,7-9,12,14-15,19H,2-3,5-6,10-11H2/t14-,15-/m1/s1. The number of fused-ring (bicyclic) bond motifs is 2. The molecule has 2 atom stereocenters. The van der Waals surface area contributed by atoms with E-state index in [4.69, 9.17) is 0 Å². The maximum atomic E-state index is 14.4. The summed E-state index contributed by atoms with van der Waals surface area (Å²) >= 11 is 0. The Bertz CT molecular complexity index is 626. The molecule has 5 heteroatoms. The summed E-state index contributed by atoms with van der Waals surface area (Å²) in [5.74, 6) is -0.184. The monoisotopic (exact) mass is 300 g/mol. The molecule has 2 saturated heterocycles. The Labute approximate surface area is 130 Å². The fraction of sp³-hybridized carbons (Fsp3) is 0.471. The maximum Gasteiger partial charge on any atom is 0.147 e. The molecule has 0 unspecified atom stereocenters. The van der Waals surface area contributed by atoms with Gasteiger partial charge in [-0.25, -0.2) is 9.37 Å². The zero-order chi connectivity index (χ0) is 14.9. The summed E-state index contributed by atoms with van der Waals surface area (Å²) in [6.45, 7) is 3.01. The second-order valence-corrected chi connectivity index (χ2v) is 6.31. The molecule has 116 valence electrons. The second-order valence-electron chi connectivity index (χ2n) is 6.31. The van der Waals surface area contributed by atoms with E-state index in [1.54, 1.807) is 29.4 Å². The van der Waals surface area contributed by atoms with Crippen LogP contribution in [0.2, 0.25) is 0 Å². The van der Waals surface area contributed by atoms with Crippen LogP contribution in [-0.4, -0.2) is 39.6 Å². The summed E-state index contributed by atoms with van der Waals surface area (Å²) in [4.78, 5) is 6.54. The van der Waals surface area contributed by atoms with Gasteiger partial charge in [0.2, 0.25) is 0 Å². The minimum Gasteiger partial charge on any atom is -0.315 e. The van der Waals surface area contributed by atoms with Crippen molar-refractivity contribution < 1.29 is 4.39 Å². The molecule has 1 N–H and O–H groups in total. The summed E-state index contributed by atoms with van der Waals surface area (Å²) in [6.07, 6.45) is 8.79. The van der Waals surface area contributed by atoms with E-state index >= 15 is 0 Å². The van der Waals surface area contributed by atoms with E-state index in [0.29, 0.717) is 17.8 Å². The molecule has 0 radical (unpaired) electrons. The van der Waals surface area contributed by atoms with Crippen LogP contribution in [0.3, 0.4) is 0 Å². The summed E-state index contributed by atoms with van der Waals surface area (Å²) < 4.78 is 16.1. The Balaban J connectivity index is 1.55. The van der Waals surface area contributed by atoms with Crippen LogP contribution < -0.4 is 5.32 Å². The minimum absolute atomic E-state index is 0.184. The predicted molar refractivity (Wildman–Crippen MR) is 83.4 cm³/mol. The molecule has 2 bridgehead atoms. The van der Waals surface area contributed by atoms with Gasteiger partial charge in [-0.15, -0.1) is 0 Å². The number of hydrogen-bond donors (Lipinski definition) is 1.